The van der Waals surface area contributed by atoms with Crippen LogP contribution in [0.3, 0.4) is 0 Å². The van der Waals surface area contributed by atoms with Crippen LogP contribution in [0.15, 0.2) is 77.0 Å². The molecule has 0 saturated heterocycles. The summed E-state index contributed by atoms with van der Waals surface area (Å²) in [5.41, 5.74) is 1.65. The molecule has 152 valence electrons. The highest BCUT2D eigenvalue weighted by atomic mass is 32.2. The summed E-state index contributed by atoms with van der Waals surface area (Å²) in [7, 11) is 0. The molecule has 4 aromatic rings. The predicted octanol–water partition coefficient (Wildman–Crippen LogP) is 5.31. The van der Waals surface area contributed by atoms with Crippen molar-refractivity contribution >= 4 is 34.1 Å². The Morgan fingerprint density at radius 2 is 2.03 bits per heavy atom. The van der Waals surface area contributed by atoms with E-state index in [9.17, 15) is 4.79 Å². The maximum absolute atomic E-state index is 12.8. The van der Waals surface area contributed by atoms with Crippen molar-refractivity contribution in [2.45, 2.75) is 30.8 Å². The first kappa shape index (κ1) is 20.0. The van der Waals surface area contributed by atoms with E-state index in [1.165, 1.54) is 11.8 Å². The first-order chi connectivity index (χ1) is 14.6. The third-order valence-corrected chi connectivity index (χ3v) is 5.88. The summed E-state index contributed by atoms with van der Waals surface area (Å²) in [6.45, 7) is 8.11. The molecular formula is C23H22N4O2S. The largest absolute Gasteiger partial charge is 0.469 e. The summed E-state index contributed by atoms with van der Waals surface area (Å²) < 4.78 is 7.34. The van der Waals surface area contributed by atoms with Crippen LogP contribution in [0.5, 0.6) is 0 Å². The third kappa shape index (κ3) is 4.02. The number of nitrogens with one attached hydrogen (secondary N) is 1. The fraction of sp³-hybridized carbons (Fsp3) is 0.174. The fourth-order valence-electron chi connectivity index (χ4n) is 3.21. The SMILES string of the molecule is C=CCn1c(S[C@@H](C)C(=O)Nc2ccc3ccccc3c2)nnc1-c1ccoc1C. The number of nitrogens with zero attached hydrogens (tertiary/aromatic N) is 3. The van der Waals surface area contributed by atoms with Crippen LogP contribution in [-0.4, -0.2) is 25.9 Å². The highest BCUT2D eigenvalue weighted by Gasteiger charge is 2.22. The Balaban J connectivity index is 1.52. The Hall–Kier alpha value is -3.32. The van der Waals surface area contributed by atoms with Crippen molar-refractivity contribution in [2.75, 3.05) is 5.32 Å². The molecule has 0 bridgehead atoms. The minimum absolute atomic E-state index is 0.0931. The molecule has 1 amide bonds. The average Bonchev–Trinajstić information content (AvgIpc) is 3.34. The van der Waals surface area contributed by atoms with E-state index in [4.69, 9.17) is 4.42 Å². The fourth-order valence-corrected chi connectivity index (χ4v) is 4.07. The molecule has 0 fully saturated rings. The Kier molecular flexibility index (Phi) is 5.72. The zero-order valence-corrected chi connectivity index (χ0v) is 17.6. The number of amides is 1. The van der Waals surface area contributed by atoms with Gasteiger partial charge in [0.15, 0.2) is 11.0 Å². The molecule has 4 rings (SSSR count). The number of benzene rings is 2. The van der Waals surface area contributed by atoms with Gasteiger partial charge >= 0.3 is 0 Å². The standard InChI is InChI=1S/C23H22N4O2S/c1-4-12-27-21(20-11-13-29-15(20)2)25-26-23(27)30-16(3)22(28)24-19-10-9-17-7-5-6-8-18(17)14-19/h4-11,13-14,16H,1,12H2,2-3H3,(H,24,28)/t16-/m0/s1. The van der Waals surface area contributed by atoms with Gasteiger partial charge in [-0.15, -0.1) is 16.8 Å². The zero-order valence-electron chi connectivity index (χ0n) is 16.8. The van der Waals surface area contributed by atoms with E-state index in [2.05, 4.69) is 22.1 Å². The second-order valence-electron chi connectivity index (χ2n) is 6.91. The van der Waals surface area contributed by atoms with Gasteiger partial charge in [0.05, 0.1) is 17.1 Å². The van der Waals surface area contributed by atoms with Gasteiger partial charge in [0.2, 0.25) is 5.91 Å². The number of hydrogen-bond donors (Lipinski definition) is 1. The number of fused-ring (bicyclic) bond motifs is 1. The van der Waals surface area contributed by atoms with Crippen LogP contribution in [0.2, 0.25) is 0 Å². The average molecular weight is 419 g/mol. The van der Waals surface area contributed by atoms with Gasteiger partial charge in [0.1, 0.15) is 5.76 Å². The van der Waals surface area contributed by atoms with E-state index in [1.54, 1.807) is 12.3 Å². The summed E-state index contributed by atoms with van der Waals surface area (Å²) >= 11 is 1.36. The lowest BCUT2D eigenvalue weighted by molar-refractivity contribution is -0.115. The molecule has 0 aliphatic rings. The molecule has 0 spiro atoms. The van der Waals surface area contributed by atoms with E-state index in [-0.39, 0.29) is 11.2 Å². The molecule has 1 N–H and O–H groups in total. The second-order valence-corrected chi connectivity index (χ2v) is 8.22. The van der Waals surface area contributed by atoms with E-state index < -0.39 is 0 Å². The highest BCUT2D eigenvalue weighted by molar-refractivity contribution is 8.00. The van der Waals surface area contributed by atoms with Crippen LogP contribution in [0, 0.1) is 6.92 Å². The van der Waals surface area contributed by atoms with Crippen LogP contribution in [0.25, 0.3) is 22.2 Å². The number of thioether (sulfide) groups is 1. The first-order valence-corrected chi connectivity index (χ1v) is 10.5. The molecule has 0 saturated carbocycles. The van der Waals surface area contributed by atoms with E-state index in [0.717, 1.165) is 27.8 Å². The highest BCUT2D eigenvalue weighted by Crippen LogP contribution is 2.29. The monoisotopic (exact) mass is 418 g/mol. The smallest absolute Gasteiger partial charge is 0.237 e. The lowest BCUT2D eigenvalue weighted by Gasteiger charge is -2.13. The van der Waals surface area contributed by atoms with Gasteiger partial charge in [0, 0.05) is 12.2 Å². The Labute approximate surface area is 179 Å². The molecule has 6 nitrogen and oxygen atoms in total. The third-order valence-electron chi connectivity index (χ3n) is 4.80. The summed E-state index contributed by atoms with van der Waals surface area (Å²) in [6.07, 6.45) is 3.41. The molecule has 30 heavy (non-hydrogen) atoms. The molecule has 2 heterocycles. The molecular weight excluding hydrogens is 396 g/mol. The molecule has 0 radical (unpaired) electrons. The number of allylic oxidation sites excluding steroid dienone is 1. The molecule has 2 aromatic carbocycles. The van der Waals surface area contributed by atoms with Crippen LogP contribution >= 0.6 is 11.8 Å². The number of rotatable bonds is 7. The molecule has 0 unspecified atom stereocenters. The Morgan fingerprint density at radius 1 is 1.23 bits per heavy atom. The minimum atomic E-state index is -0.359. The van der Waals surface area contributed by atoms with Gasteiger partial charge in [-0.2, -0.15) is 0 Å². The van der Waals surface area contributed by atoms with Gasteiger partial charge < -0.3 is 9.73 Å². The van der Waals surface area contributed by atoms with Gasteiger partial charge in [-0.3, -0.25) is 9.36 Å². The maximum Gasteiger partial charge on any atom is 0.237 e. The van der Waals surface area contributed by atoms with Crippen molar-refractivity contribution in [1.29, 1.82) is 0 Å². The molecule has 0 aliphatic heterocycles. The van der Waals surface area contributed by atoms with Crippen LogP contribution < -0.4 is 5.32 Å². The maximum atomic E-state index is 12.8. The number of hydrogen-bond acceptors (Lipinski definition) is 5. The molecule has 0 aliphatic carbocycles. The minimum Gasteiger partial charge on any atom is -0.469 e. The predicted molar refractivity (Wildman–Crippen MR) is 121 cm³/mol. The van der Waals surface area contributed by atoms with E-state index >= 15 is 0 Å². The quantitative estimate of drug-likeness (QED) is 0.325. The van der Waals surface area contributed by atoms with Crippen molar-refractivity contribution < 1.29 is 9.21 Å². The first-order valence-electron chi connectivity index (χ1n) is 9.61. The van der Waals surface area contributed by atoms with E-state index in [1.807, 2.05) is 66.9 Å². The molecule has 2 aromatic heterocycles. The molecule has 1 atom stereocenters. The van der Waals surface area contributed by atoms with Gasteiger partial charge in [-0.1, -0.05) is 48.2 Å². The van der Waals surface area contributed by atoms with Crippen LogP contribution in [-0.2, 0) is 11.3 Å². The van der Waals surface area contributed by atoms with Gasteiger partial charge in [-0.05, 0) is 42.8 Å². The number of carbonyl (C=O) groups is 1. The summed E-state index contributed by atoms with van der Waals surface area (Å²) in [4.78, 5) is 12.8. The number of furan rings is 1. The topological polar surface area (TPSA) is 73.0 Å². The van der Waals surface area contributed by atoms with E-state index in [0.29, 0.717) is 17.5 Å². The normalized spacial score (nSPS) is 12.1. The zero-order chi connectivity index (χ0) is 21.1. The van der Waals surface area contributed by atoms with Crippen molar-refractivity contribution in [3.8, 4) is 11.4 Å². The van der Waals surface area contributed by atoms with Gasteiger partial charge in [0.25, 0.3) is 0 Å². The summed E-state index contributed by atoms with van der Waals surface area (Å²) in [5.74, 6) is 1.38. The van der Waals surface area contributed by atoms with Crippen molar-refractivity contribution in [2.24, 2.45) is 0 Å². The molecule has 7 heteroatoms. The Bertz CT molecular complexity index is 1210. The van der Waals surface area contributed by atoms with Crippen LogP contribution in [0.4, 0.5) is 5.69 Å². The lowest BCUT2D eigenvalue weighted by atomic mass is 10.1. The van der Waals surface area contributed by atoms with Crippen molar-refractivity contribution in [1.82, 2.24) is 14.8 Å². The number of anilines is 1. The van der Waals surface area contributed by atoms with Crippen LogP contribution in [0.1, 0.15) is 12.7 Å². The number of aryl methyl sites for hydroxylation is 1. The number of aromatic nitrogens is 3. The number of carbonyl (C=O) groups excluding carboxylic acids is 1. The van der Waals surface area contributed by atoms with Crippen molar-refractivity contribution in [3.63, 3.8) is 0 Å². The van der Waals surface area contributed by atoms with Crippen molar-refractivity contribution in [3.05, 3.63) is 73.2 Å². The summed E-state index contributed by atoms with van der Waals surface area (Å²) in [6, 6.07) is 15.8. The Morgan fingerprint density at radius 3 is 2.77 bits per heavy atom. The summed E-state index contributed by atoms with van der Waals surface area (Å²) in [5, 5.41) is 14.1. The van der Waals surface area contributed by atoms with Gasteiger partial charge in [-0.25, -0.2) is 0 Å². The second kappa shape index (κ2) is 8.59. The lowest BCUT2D eigenvalue weighted by Crippen LogP contribution is -2.23.